The quantitative estimate of drug-likeness (QED) is 0.101. The van der Waals surface area contributed by atoms with Crippen LogP contribution in [0.15, 0.2) is 24.3 Å². The third kappa shape index (κ3) is 10.1. The number of hydrogen-bond donors (Lipinski definition) is 0. The summed E-state index contributed by atoms with van der Waals surface area (Å²) in [5.74, 6) is 3.04. The van der Waals surface area contributed by atoms with Gasteiger partial charge in [-0.25, -0.2) is 0 Å². The van der Waals surface area contributed by atoms with Gasteiger partial charge in [0, 0.05) is 17.7 Å². The number of allylic oxidation sites excluding steroid dienone is 1. The third-order valence-electron chi connectivity index (χ3n) is 5.85. The van der Waals surface area contributed by atoms with Gasteiger partial charge in [0.25, 0.3) is 0 Å². The molecule has 0 saturated carbocycles. The van der Waals surface area contributed by atoms with E-state index in [9.17, 15) is 4.79 Å². The highest BCUT2D eigenvalue weighted by Crippen LogP contribution is 2.46. The van der Waals surface area contributed by atoms with Crippen LogP contribution in [-0.4, -0.2) is 52.5 Å². The molecule has 0 aromatic heterocycles. The molecule has 2 aromatic rings. The van der Waals surface area contributed by atoms with Gasteiger partial charge in [0.1, 0.15) is 11.3 Å². The number of benzene rings is 2. The molecule has 8 heteroatoms. The highest BCUT2D eigenvalue weighted by Gasteiger charge is 2.27. The van der Waals surface area contributed by atoms with Gasteiger partial charge in [-0.2, -0.15) is 0 Å². The molecule has 0 heterocycles. The maximum Gasteiger partial charge on any atom is 0.193 e. The van der Waals surface area contributed by atoms with Gasteiger partial charge < -0.3 is 33.2 Å². The van der Waals surface area contributed by atoms with E-state index in [2.05, 4.69) is 0 Å². The summed E-state index contributed by atoms with van der Waals surface area (Å²) < 4.78 is 42.1. The van der Waals surface area contributed by atoms with Crippen molar-refractivity contribution in [3.8, 4) is 40.2 Å². The first-order valence-corrected chi connectivity index (χ1v) is 15.4. The Hall–Kier alpha value is -3.55. The molecule has 0 unspecified atom stereocenters. The summed E-state index contributed by atoms with van der Waals surface area (Å²) in [5.41, 5.74) is 0.935. The predicted molar refractivity (Wildman–Crippen MR) is 168 cm³/mol. The molecule has 0 aliphatic heterocycles. The largest absolute Gasteiger partial charge is 0.493 e. The summed E-state index contributed by atoms with van der Waals surface area (Å²) in [6, 6.07) is 5.43. The molecule has 0 aliphatic rings. The topological polar surface area (TPSA) is 81.7 Å². The second-order valence-corrected chi connectivity index (χ2v) is 9.74. The Bertz CT molecular complexity index is 1090. The smallest absolute Gasteiger partial charge is 0.193 e. The van der Waals surface area contributed by atoms with Gasteiger partial charge in [0.05, 0.1) is 46.8 Å². The second kappa shape index (κ2) is 19.5. The van der Waals surface area contributed by atoms with Crippen molar-refractivity contribution in [1.82, 2.24) is 0 Å². The van der Waals surface area contributed by atoms with Crippen molar-refractivity contribution in [3.05, 3.63) is 35.4 Å². The van der Waals surface area contributed by atoms with Gasteiger partial charge in [0.2, 0.25) is 0 Å². The molecule has 0 aliphatic carbocycles. The van der Waals surface area contributed by atoms with Crippen molar-refractivity contribution in [1.29, 1.82) is 0 Å². The fourth-order valence-corrected chi connectivity index (χ4v) is 3.94. The average molecular weight is 587 g/mol. The molecular formula is C34H50O8. The summed E-state index contributed by atoms with van der Waals surface area (Å²) >= 11 is 0. The average Bonchev–Trinajstić information content (AvgIpc) is 3.01. The zero-order chi connectivity index (χ0) is 30.7. The normalized spacial score (nSPS) is 10.9. The Balaban J connectivity index is 2.74. The minimum absolute atomic E-state index is 0.272. The Morgan fingerprint density at radius 1 is 0.571 bits per heavy atom. The number of rotatable bonds is 22. The molecule has 2 aromatic carbocycles. The van der Waals surface area contributed by atoms with Crippen LogP contribution in [0.5, 0.6) is 40.2 Å². The number of carbonyl (C=O) groups excluding carboxylic acids is 1. The Morgan fingerprint density at radius 3 is 1.50 bits per heavy atom. The number of hydrogen-bond acceptors (Lipinski definition) is 8. The van der Waals surface area contributed by atoms with Crippen LogP contribution in [0.1, 0.15) is 96.0 Å². The Morgan fingerprint density at radius 2 is 1.02 bits per heavy atom. The van der Waals surface area contributed by atoms with Crippen LogP contribution in [-0.2, 0) is 0 Å². The first-order valence-electron chi connectivity index (χ1n) is 15.4. The van der Waals surface area contributed by atoms with Crippen LogP contribution >= 0.6 is 0 Å². The molecule has 0 spiro atoms. The molecule has 234 valence electrons. The Kier molecular flexibility index (Phi) is 16.1. The van der Waals surface area contributed by atoms with Crippen LogP contribution < -0.4 is 33.2 Å². The van der Waals surface area contributed by atoms with Gasteiger partial charge in [-0.1, -0.05) is 41.5 Å². The lowest BCUT2D eigenvalue weighted by molar-refractivity contribution is 0.103. The number of ketones is 1. The van der Waals surface area contributed by atoms with Crippen molar-refractivity contribution in [2.75, 3.05) is 46.8 Å². The van der Waals surface area contributed by atoms with E-state index in [4.69, 9.17) is 33.2 Å². The van der Waals surface area contributed by atoms with Crippen LogP contribution in [0.2, 0.25) is 0 Å². The van der Waals surface area contributed by atoms with Crippen molar-refractivity contribution >= 4 is 11.9 Å². The van der Waals surface area contributed by atoms with E-state index in [1.807, 2.05) is 47.6 Å². The van der Waals surface area contributed by atoms with Crippen molar-refractivity contribution < 1.29 is 38.0 Å². The predicted octanol–water partition coefficient (Wildman–Crippen LogP) is 8.32. The van der Waals surface area contributed by atoms with Crippen LogP contribution in [0, 0.1) is 0 Å². The van der Waals surface area contributed by atoms with E-state index >= 15 is 0 Å². The molecule has 0 amide bonds. The lowest BCUT2D eigenvalue weighted by Gasteiger charge is -2.21. The minimum atomic E-state index is -0.309. The molecule has 0 fully saturated rings. The van der Waals surface area contributed by atoms with E-state index < -0.39 is 0 Å². The van der Waals surface area contributed by atoms with Gasteiger partial charge in [-0.15, -0.1) is 0 Å². The highest BCUT2D eigenvalue weighted by molar-refractivity contribution is 6.12. The Labute approximate surface area is 252 Å². The first-order chi connectivity index (χ1) is 20.5. The number of methoxy groups -OCH3 is 1. The van der Waals surface area contributed by atoms with E-state index in [0.717, 1.165) is 38.5 Å². The maximum atomic E-state index is 14.1. The lowest BCUT2D eigenvalue weighted by Crippen LogP contribution is -2.12. The first kappa shape index (κ1) is 34.7. The van der Waals surface area contributed by atoms with Crippen molar-refractivity contribution in [3.63, 3.8) is 0 Å². The van der Waals surface area contributed by atoms with E-state index in [-0.39, 0.29) is 11.3 Å². The van der Waals surface area contributed by atoms with Crippen LogP contribution in [0.25, 0.3) is 6.08 Å². The van der Waals surface area contributed by atoms with Gasteiger partial charge in [-0.05, 0) is 56.7 Å². The standard InChI is InChI=1S/C34H50O8/c1-8-16-37-26-22-25(32(40-19-11-4)28(23-26)36-7)14-15-27(35)31-33(41-20-12-5)29(38-17-9-2)24-30(39-18-10-3)34(31)42-21-13-6/h14-15,22-24H,8-13,16-21H2,1-7H3/b15-14+. The molecular weight excluding hydrogens is 536 g/mol. The van der Waals surface area contributed by atoms with E-state index in [1.165, 1.54) is 6.08 Å². The fraction of sp³-hybridized carbons (Fsp3) is 0.559. The summed E-state index contributed by atoms with van der Waals surface area (Å²) in [5, 5.41) is 0. The van der Waals surface area contributed by atoms with E-state index in [0.29, 0.717) is 85.5 Å². The second-order valence-electron chi connectivity index (χ2n) is 9.74. The zero-order valence-corrected chi connectivity index (χ0v) is 26.6. The number of carbonyl (C=O) groups is 1. The monoisotopic (exact) mass is 586 g/mol. The SMILES string of the molecule is CCCOc1cc(/C=C/C(=O)c2c(OCCC)c(OCCC)cc(OCCC)c2OCCC)c(OCCC)c(OC)c1. The lowest BCUT2D eigenvalue weighted by atomic mass is 10.0. The minimum Gasteiger partial charge on any atom is -0.493 e. The number of ether oxygens (including phenoxy) is 7. The van der Waals surface area contributed by atoms with Crippen molar-refractivity contribution in [2.24, 2.45) is 0 Å². The van der Waals surface area contributed by atoms with Gasteiger partial charge in [0.15, 0.2) is 40.3 Å². The van der Waals surface area contributed by atoms with Gasteiger partial charge >= 0.3 is 0 Å². The fourth-order valence-electron chi connectivity index (χ4n) is 3.94. The summed E-state index contributed by atoms with van der Waals surface area (Å²) in [7, 11) is 1.59. The molecule has 8 nitrogen and oxygen atoms in total. The molecule has 0 atom stereocenters. The zero-order valence-electron chi connectivity index (χ0n) is 26.6. The third-order valence-corrected chi connectivity index (χ3v) is 5.85. The maximum absolute atomic E-state index is 14.1. The van der Waals surface area contributed by atoms with Crippen LogP contribution in [0.4, 0.5) is 0 Å². The molecule has 0 N–H and O–H groups in total. The molecule has 0 bridgehead atoms. The van der Waals surface area contributed by atoms with Crippen LogP contribution in [0.3, 0.4) is 0 Å². The molecule has 0 radical (unpaired) electrons. The molecule has 42 heavy (non-hydrogen) atoms. The summed E-state index contributed by atoms with van der Waals surface area (Å²) in [6.07, 6.45) is 8.02. The van der Waals surface area contributed by atoms with E-state index in [1.54, 1.807) is 25.3 Å². The summed E-state index contributed by atoms with van der Waals surface area (Å²) in [4.78, 5) is 14.1. The molecule has 2 rings (SSSR count). The molecule has 0 saturated heterocycles. The van der Waals surface area contributed by atoms with Gasteiger partial charge in [-0.3, -0.25) is 4.79 Å². The van der Waals surface area contributed by atoms with Crippen molar-refractivity contribution in [2.45, 2.75) is 80.1 Å². The summed E-state index contributed by atoms with van der Waals surface area (Å²) in [6.45, 7) is 15.0. The highest BCUT2D eigenvalue weighted by atomic mass is 16.5.